The molecule has 1 aromatic heterocycles. The Hall–Kier alpha value is -1.69. The van der Waals surface area contributed by atoms with E-state index in [2.05, 4.69) is 32.3 Å². The van der Waals surface area contributed by atoms with Gasteiger partial charge in [0.15, 0.2) is 0 Å². The molecule has 1 aromatic rings. The molecule has 110 valence electrons. The number of nitrogens with zero attached hydrogens (tertiary/aromatic N) is 2. The number of rotatable bonds is 4. The molecule has 0 saturated carbocycles. The van der Waals surface area contributed by atoms with Gasteiger partial charge in [-0.15, -0.1) is 0 Å². The molecule has 0 amide bonds. The molecule has 1 fully saturated rings. The van der Waals surface area contributed by atoms with E-state index in [9.17, 15) is 4.79 Å². The molecular weight excluding hydrogens is 256 g/mol. The topological polar surface area (TPSA) is 76.1 Å². The zero-order valence-corrected chi connectivity index (χ0v) is 12.3. The number of piperidine rings is 1. The number of esters is 1. The third-order valence-electron chi connectivity index (χ3n) is 3.60. The molecule has 0 radical (unpaired) electrons. The van der Waals surface area contributed by atoms with Crippen molar-refractivity contribution in [3.63, 3.8) is 0 Å². The summed E-state index contributed by atoms with van der Waals surface area (Å²) in [6.45, 7) is 6.99. The van der Waals surface area contributed by atoms with Crippen LogP contribution in [0.1, 0.15) is 36.1 Å². The third-order valence-corrected chi connectivity index (χ3v) is 3.60. The van der Waals surface area contributed by atoms with E-state index in [0.29, 0.717) is 5.82 Å². The number of carbonyl (C=O) groups is 1. The van der Waals surface area contributed by atoms with Crippen molar-refractivity contribution in [2.75, 3.05) is 32.1 Å². The number of aromatic nitrogens is 2. The average molecular weight is 278 g/mol. The van der Waals surface area contributed by atoms with E-state index in [4.69, 9.17) is 0 Å². The lowest BCUT2D eigenvalue weighted by Gasteiger charge is -2.34. The first-order chi connectivity index (χ1) is 9.52. The summed E-state index contributed by atoms with van der Waals surface area (Å²) in [4.78, 5) is 19.8. The van der Waals surface area contributed by atoms with Crippen molar-refractivity contribution in [1.82, 2.24) is 15.3 Å². The van der Waals surface area contributed by atoms with Gasteiger partial charge in [-0.3, -0.25) is 0 Å². The Kier molecular flexibility index (Phi) is 4.54. The van der Waals surface area contributed by atoms with E-state index in [1.54, 1.807) is 0 Å². The van der Waals surface area contributed by atoms with Crippen LogP contribution in [-0.2, 0) is 4.74 Å². The van der Waals surface area contributed by atoms with Gasteiger partial charge in [0.05, 0.1) is 7.11 Å². The molecular formula is C14H22N4O2. The summed E-state index contributed by atoms with van der Waals surface area (Å²) in [5.41, 5.74) is 0.956. The number of hydrogen-bond acceptors (Lipinski definition) is 6. The average Bonchev–Trinajstić information content (AvgIpc) is 2.45. The van der Waals surface area contributed by atoms with Gasteiger partial charge in [-0.1, -0.05) is 6.92 Å². The lowest BCUT2D eigenvalue weighted by atomic mass is 9.83. The normalized spacial score (nSPS) is 22.4. The summed E-state index contributed by atoms with van der Waals surface area (Å²) in [6.07, 6.45) is 2.37. The van der Waals surface area contributed by atoms with Crippen molar-refractivity contribution >= 4 is 11.8 Å². The molecule has 2 rings (SSSR count). The number of methoxy groups -OCH3 is 1. The minimum Gasteiger partial charge on any atom is -0.463 e. The van der Waals surface area contributed by atoms with Crippen LogP contribution < -0.4 is 10.6 Å². The first kappa shape index (κ1) is 14.7. The SMILES string of the molecule is COC(=O)c1nc(C)cc(NCC2(C)CCCNC2)n1. The molecule has 6 heteroatoms. The molecule has 20 heavy (non-hydrogen) atoms. The van der Waals surface area contributed by atoms with Gasteiger partial charge in [-0.05, 0) is 31.7 Å². The number of nitrogens with one attached hydrogen (secondary N) is 2. The molecule has 0 aromatic carbocycles. The second-order valence-electron chi connectivity index (χ2n) is 5.65. The first-order valence-corrected chi connectivity index (χ1v) is 6.91. The second kappa shape index (κ2) is 6.17. The summed E-state index contributed by atoms with van der Waals surface area (Å²) in [7, 11) is 1.33. The molecule has 0 bridgehead atoms. The van der Waals surface area contributed by atoms with E-state index >= 15 is 0 Å². The number of hydrogen-bond donors (Lipinski definition) is 2. The molecule has 6 nitrogen and oxygen atoms in total. The quantitative estimate of drug-likeness (QED) is 0.810. The highest BCUT2D eigenvalue weighted by Crippen LogP contribution is 2.25. The van der Waals surface area contributed by atoms with Gasteiger partial charge in [-0.25, -0.2) is 14.8 Å². The lowest BCUT2D eigenvalue weighted by Crippen LogP contribution is -2.42. The molecule has 1 unspecified atom stereocenters. The number of ether oxygens (including phenoxy) is 1. The summed E-state index contributed by atoms with van der Waals surface area (Å²) >= 11 is 0. The Morgan fingerprint density at radius 3 is 3.00 bits per heavy atom. The Balaban J connectivity index is 2.05. The van der Waals surface area contributed by atoms with Crippen LogP contribution in [0.3, 0.4) is 0 Å². The molecule has 0 spiro atoms. The van der Waals surface area contributed by atoms with Gasteiger partial charge in [0.2, 0.25) is 5.82 Å². The number of anilines is 1. The Bertz CT molecular complexity index is 484. The summed E-state index contributed by atoms with van der Waals surface area (Å²) < 4.78 is 4.66. The van der Waals surface area contributed by atoms with Crippen LogP contribution in [0.4, 0.5) is 5.82 Å². The van der Waals surface area contributed by atoms with Gasteiger partial charge in [0, 0.05) is 24.8 Å². The fraction of sp³-hybridized carbons (Fsp3) is 0.643. The van der Waals surface area contributed by atoms with Crippen molar-refractivity contribution in [3.05, 3.63) is 17.6 Å². The zero-order valence-electron chi connectivity index (χ0n) is 12.3. The Morgan fingerprint density at radius 2 is 2.35 bits per heavy atom. The monoisotopic (exact) mass is 278 g/mol. The maximum absolute atomic E-state index is 11.5. The highest BCUT2D eigenvalue weighted by atomic mass is 16.5. The second-order valence-corrected chi connectivity index (χ2v) is 5.65. The van der Waals surface area contributed by atoms with E-state index in [1.807, 2.05) is 13.0 Å². The van der Waals surface area contributed by atoms with Crippen LogP contribution in [0.25, 0.3) is 0 Å². The number of carbonyl (C=O) groups excluding carboxylic acids is 1. The molecule has 1 atom stereocenters. The largest absolute Gasteiger partial charge is 0.463 e. The minimum absolute atomic E-state index is 0.0990. The van der Waals surface area contributed by atoms with Crippen LogP contribution in [-0.4, -0.2) is 42.7 Å². The summed E-state index contributed by atoms with van der Waals surface area (Å²) in [5, 5.41) is 6.73. The summed E-state index contributed by atoms with van der Waals surface area (Å²) in [6, 6.07) is 1.84. The Labute approximate surface area is 119 Å². The van der Waals surface area contributed by atoms with E-state index in [-0.39, 0.29) is 11.2 Å². The molecule has 2 heterocycles. The molecule has 1 saturated heterocycles. The van der Waals surface area contributed by atoms with Crippen LogP contribution in [0.5, 0.6) is 0 Å². The van der Waals surface area contributed by atoms with Gasteiger partial charge >= 0.3 is 5.97 Å². The zero-order chi connectivity index (χ0) is 14.6. The van der Waals surface area contributed by atoms with Crippen LogP contribution in [0.2, 0.25) is 0 Å². The smallest absolute Gasteiger partial charge is 0.376 e. The molecule has 1 aliphatic rings. The van der Waals surface area contributed by atoms with E-state index in [1.165, 1.54) is 20.0 Å². The van der Waals surface area contributed by atoms with Crippen LogP contribution >= 0.6 is 0 Å². The predicted molar refractivity (Wildman–Crippen MR) is 76.8 cm³/mol. The van der Waals surface area contributed by atoms with Gasteiger partial charge in [-0.2, -0.15) is 0 Å². The van der Waals surface area contributed by atoms with Gasteiger partial charge in [0.1, 0.15) is 5.82 Å². The summed E-state index contributed by atoms with van der Waals surface area (Å²) in [5.74, 6) is 0.258. The van der Waals surface area contributed by atoms with Crippen molar-refractivity contribution in [2.24, 2.45) is 5.41 Å². The van der Waals surface area contributed by atoms with E-state index in [0.717, 1.165) is 25.3 Å². The van der Waals surface area contributed by atoms with Crippen molar-refractivity contribution < 1.29 is 9.53 Å². The van der Waals surface area contributed by atoms with Gasteiger partial charge < -0.3 is 15.4 Å². The molecule has 2 N–H and O–H groups in total. The highest BCUT2D eigenvalue weighted by Gasteiger charge is 2.26. The highest BCUT2D eigenvalue weighted by molar-refractivity contribution is 5.85. The van der Waals surface area contributed by atoms with Crippen molar-refractivity contribution in [1.29, 1.82) is 0 Å². The lowest BCUT2D eigenvalue weighted by molar-refractivity contribution is 0.0586. The van der Waals surface area contributed by atoms with E-state index < -0.39 is 5.97 Å². The maximum atomic E-state index is 11.5. The fourth-order valence-electron chi connectivity index (χ4n) is 2.42. The van der Waals surface area contributed by atoms with Crippen molar-refractivity contribution in [3.8, 4) is 0 Å². The minimum atomic E-state index is -0.512. The Morgan fingerprint density at radius 1 is 1.55 bits per heavy atom. The van der Waals surface area contributed by atoms with Crippen LogP contribution in [0.15, 0.2) is 6.07 Å². The predicted octanol–water partition coefficient (Wildman–Crippen LogP) is 1.37. The molecule has 1 aliphatic heterocycles. The maximum Gasteiger partial charge on any atom is 0.376 e. The number of aryl methyl sites for hydroxylation is 1. The fourth-order valence-corrected chi connectivity index (χ4v) is 2.42. The van der Waals surface area contributed by atoms with Crippen LogP contribution in [0, 0.1) is 12.3 Å². The first-order valence-electron chi connectivity index (χ1n) is 6.91. The molecule has 0 aliphatic carbocycles. The van der Waals surface area contributed by atoms with Crippen molar-refractivity contribution in [2.45, 2.75) is 26.7 Å². The third kappa shape index (κ3) is 3.66. The standard InChI is InChI=1S/C14H22N4O2/c1-10-7-11(18-12(17-10)13(19)20-3)16-9-14(2)5-4-6-15-8-14/h7,15H,4-6,8-9H2,1-3H3,(H,16,17,18). The van der Waals surface area contributed by atoms with Gasteiger partial charge in [0.25, 0.3) is 0 Å².